The molecule has 4 N–H and O–H groups in total. The average Bonchev–Trinajstić information content (AvgIpc) is 3.16. The van der Waals surface area contributed by atoms with Crippen molar-refractivity contribution in [1.82, 2.24) is 15.3 Å². The number of anilines is 3. The van der Waals surface area contributed by atoms with Gasteiger partial charge in [-0.05, 0) is 31.5 Å². The van der Waals surface area contributed by atoms with E-state index in [2.05, 4.69) is 38.9 Å². The highest BCUT2D eigenvalue weighted by atomic mass is 19.1. The first-order valence-corrected chi connectivity index (χ1v) is 10.5. The van der Waals surface area contributed by atoms with Crippen LogP contribution in [0.2, 0.25) is 0 Å². The van der Waals surface area contributed by atoms with Crippen molar-refractivity contribution < 1.29 is 13.9 Å². The molecule has 0 saturated carbocycles. The minimum Gasteiger partial charge on any atom is -0.492 e. The molecule has 1 amide bonds. The lowest BCUT2D eigenvalue weighted by Crippen LogP contribution is -2.35. The zero-order chi connectivity index (χ0) is 22.2. The lowest BCUT2D eigenvalue weighted by Gasteiger charge is -2.23. The van der Waals surface area contributed by atoms with Crippen molar-refractivity contribution in [2.24, 2.45) is 0 Å². The molecule has 0 spiro atoms. The zero-order valence-electron chi connectivity index (χ0n) is 17.9. The summed E-state index contributed by atoms with van der Waals surface area (Å²) in [4.78, 5) is 20.8. The van der Waals surface area contributed by atoms with Gasteiger partial charge in [0, 0.05) is 36.5 Å². The number of carbonyl (C=O) groups is 1. The summed E-state index contributed by atoms with van der Waals surface area (Å²) in [6.45, 7) is 3.33. The third-order valence-corrected chi connectivity index (χ3v) is 6.00. The Morgan fingerprint density at radius 2 is 2.12 bits per heavy atom. The number of methoxy groups -OCH3 is 1. The topological polar surface area (TPSA) is 91.1 Å². The summed E-state index contributed by atoms with van der Waals surface area (Å²) in [5.74, 6) is -0.455. The van der Waals surface area contributed by atoms with E-state index < -0.39 is 5.82 Å². The predicted molar refractivity (Wildman–Crippen MR) is 122 cm³/mol. The molecule has 8 heteroatoms. The summed E-state index contributed by atoms with van der Waals surface area (Å²) in [6, 6.07) is 6.57. The number of fused-ring (bicyclic) bond motifs is 3. The highest BCUT2D eigenvalue weighted by Gasteiger charge is 2.33. The Labute approximate surface area is 185 Å². The number of halogens is 1. The van der Waals surface area contributed by atoms with Gasteiger partial charge >= 0.3 is 0 Å². The van der Waals surface area contributed by atoms with Crippen molar-refractivity contribution in [3.63, 3.8) is 0 Å². The molecule has 2 aromatic heterocycles. The minimum atomic E-state index is -0.480. The Morgan fingerprint density at radius 1 is 1.25 bits per heavy atom. The molecule has 32 heavy (non-hydrogen) atoms. The molecule has 3 aromatic rings. The number of nitrogens with one attached hydrogen (secondary N) is 4. The van der Waals surface area contributed by atoms with E-state index in [9.17, 15) is 9.18 Å². The normalized spacial score (nSPS) is 18.9. The maximum atomic E-state index is 14.4. The predicted octanol–water partition coefficient (Wildman–Crippen LogP) is 4.56. The summed E-state index contributed by atoms with van der Waals surface area (Å²) < 4.78 is 19.7. The highest BCUT2D eigenvalue weighted by molar-refractivity contribution is 6.07. The van der Waals surface area contributed by atoms with Crippen LogP contribution in [0.5, 0.6) is 5.75 Å². The third-order valence-electron chi connectivity index (χ3n) is 6.00. The number of pyridine rings is 1. The van der Waals surface area contributed by atoms with Crippen LogP contribution in [0, 0.1) is 5.82 Å². The number of amides is 1. The Balaban J connectivity index is 1.75. The molecule has 0 unspecified atom stereocenters. The molecular formula is C24H24FN5O2. The first-order chi connectivity index (χ1) is 15.6. The first kappa shape index (κ1) is 20.1. The number of nitrogens with zero attached hydrogens (tertiary/aromatic N) is 1. The molecular weight excluding hydrogens is 409 g/mol. The molecule has 1 aromatic carbocycles. The number of aromatic nitrogens is 2. The Kier molecular flexibility index (Phi) is 5.05. The highest BCUT2D eigenvalue weighted by Crippen LogP contribution is 2.44. The van der Waals surface area contributed by atoms with Crippen LogP contribution in [0.15, 0.2) is 48.3 Å². The minimum absolute atomic E-state index is 0.0916. The second-order valence-electron chi connectivity index (χ2n) is 8.08. The summed E-state index contributed by atoms with van der Waals surface area (Å²) in [5.41, 5.74) is 6.10. The van der Waals surface area contributed by atoms with E-state index >= 15 is 0 Å². The largest absolute Gasteiger partial charge is 0.492 e. The van der Waals surface area contributed by atoms with Gasteiger partial charge in [0.05, 0.1) is 41.6 Å². The molecule has 0 radical (unpaired) electrons. The number of carbonyl (C=O) groups excluding carboxylic acids is 1. The molecule has 1 atom stereocenters. The number of aromatic amines is 1. The Hall–Kier alpha value is -3.81. The quantitative estimate of drug-likeness (QED) is 0.455. The molecule has 2 aliphatic rings. The standard InChI is InChI=1S/C24H24FN5O2/c1-13-6-7-14-11-28-24(31)19-20(14)30-21(15-8-9-26-12-18(15)27-10-13)22(19)29-17-5-3-4-16(25)23(17)32-2/h3-6,8-9,12,14,27,29-30H,7,10-11H2,1-2H3,(H,28,31)/b13-6-/t14-/m0/s1. The number of benzene rings is 1. The van der Waals surface area contributed by atoms with Crippen LogP contribution >= 0.6 is 0 Å². The van der Waals surface area contributed by atoms with Gasteiger partial charge in [0.25, 0.3) is 5.91 Å². The Morgan fingerprint density at radius 3 is 2.97 bits per heavy atom. The van der Waals surface area contributed by atoms with Crippen LogP contribution in [-0.2, 0) is 0 Å². The number of rotatable bonds is 3. The molecule has 2 aliphatic heterocycles. The number of H-pyrrole nitrogens is 1. The average molecular weight is 433 g/mol. The summed E-state index contributed by atoms with van der Waals surface area (Å²) >= 11 is 0. The van der Waals surface area contributed by atoms with Gasteiger partial charge in [-0.25, -0.2) is 4.39 Å². The van der Waals surface area contributed by atoms with Crippen LogP contribution in [-0.4, -0.2) is 36.1 Å². The number of allylic oxidation sites excluding steroid dienone is 1. The molecule has 5 rings (SSSR count). The smallest absolute Gasteiger partial charge is 0.255 e. The van der Waals surface area contributed by atoms with Gasteiger partial charge in [-0.1, -0.05) is 17.7 Å². The maximum absolute atomic E-state index is 14.4. The van der Waals surface area contributed by atoms with Crippen LogP contribution in [0.4, 0.5) is 21.5 Å². The fourth-order valence-corrected chi connectivity index (χ4v) is 4.35. The van der Waals surface area contributed by atoms with E-state index in [4.69, 9.17) is 4.74 Å². The summed E-state index contributed by atoms with van der Waals surface area (Å²) in [6.07, 6.45) is 6.47. The van der Waals surface area contributed by atoms with Crippen LogP contribution < -0.4 is 20.7 Å². The lowest BCUT2D eigenvalue weighted by molar-refractivity contribution is 0.0941. The van der Waals surface area contributed by atoms with E-state index in [1.165, 1.54) is 18.7 Å². The third kappa shape index (κ3) is 3.37. The van der Waals surface area contributed by atoms with Crippen LogP contribution in [0.25, 0.3) is 11.3 Å². The number of para-hydroxylation sites is 1. The number of hydrogen-bond acceptors (Lipinski definition) is 5. The van der Waals surface area contributed by atoms with Gasteiger partial charge in [-0.15, -0.1) is 0 Å². The molecule has 0 aliphatic carbocycles. The monoisotopic (exact) mass is 433 g/mol. The van der Waals surface area contributed by atoms with Crippen molar-refractivity contribution >= 4 is 23.0 Å². The molecule has 0 fully saturated rings. The van der Waals surface area contributed by atoms with Crippen molar-refractivity contribution in [3.05, 3.63) is 65.4 Å². The van der Waals surface area contributed by atoms with Gasteiger partial charge in [-0.3, -0.25) is 9.78 Å². The van der Waals surface area contributed by atoms with Crippen LogP contribution in [0.1, 0.15) is 35.3 Å². The zero-order valence-corrected chi connectivity index (χ0v) is 17.9. The molecule has 2 bridgehead atoms. The van der Waals surface area contributed by atoms with Crippen molar-refractivity contribution in [1.29, 1.82) is 0 Å². The van der Waals surface area contributed by atoms with Crippen molar-refractivity contribution in [2.45, 2.75) is 19.3 Å². The molecule has 7 nitrogen and oxygen atoms in total. The van der Waals surface area contributed by atoms with Gasteiger partial charge < -0.3 is 25.7 Å². The summed E-state index contributed by atoms with van der Waals surface area (Å²) in [5, 5.41) is 9.75. The first-order valence-electron chi connectivity index (χ1n) is 10.5. The van der Waals surface area contributed by atoms with E-state index in [0.29, 0.717) is 30.0 Å². The van der Waals surface area contributed by atoms with Gasteiger partial charge in [-0.2, -0.15) is 0 Å². The van der Waals surface area contributed by atoms with Gasteiger partial charge in [0.1, 0.15) is 0 Å². The second-order valence-corrected chi connectivity index (χ2v) is 8.08. The second kappa shape index (κ2) is 8.03. The molecule has 164 valence electrons. The van der Waals surface area contributed by atoms with Crippen molar-refractivity contribution in [2.75, 3.05) is 30.8 Å². The number of hydrogen-bond donors (Lipinski definition) is 4. The Bertz CT molecular complexity index is 1230. The van der Waals surface area contributed by atoms with Gasteiger partial charge in [0.2, 0.25) is 0 Å². The van der Waals surface area contributed by atoms with E-state index in [0.717, 1.165) is 29.1 Å². The molecule has 4 heterocycles. The van der Waals surface area contributed by atoms with E-state index in [1.54, 1.807) is 24.5 Å². The van der Waals surface area contributed by atoms with E-state index in [-0.39, 0.29) is 17.6 Å². The van der Waals surface area contributed by atoms with Crippen molar-refractivity contribution in [3.8, 4) is 17.0 Å². The van der Waals surface area contributed by atoms with Crippen LogP contribution in [0.3, 0.4) is 0 Å². The van der Waals surface area contributed by atoms with Gasteiger partial charge in [0.15, 0.2) is 11.6 Å². The fourth-order valence-electron chi connectivity index (χ4n) is 4.35. The lowest BCUT2D eigenvalue weighted by atomic mass is 9.92. The molecule has 0 saturated heterocycles. The SMILES string of the molecule is COc1c(F)cccc1Nc1c2[nH]c3c1C(=O)NC[C@@H]3C/C=C(/C)CNc1cnccc1-2. The van der Waals surface area contributed by atoms with E-state index in [1.807, 2.05) is 6.07 Å². The maximum Gasteiger partial charge on any atom is 0.255 e. The number of ether oxygens (including phenoxy) is 1. The fraction of sp³-hybridized carbons (Fsp3) is 0.250. The summed E-state index contributed by atoms with van der Waals surface area (Å²) in [7, 11) is 1.42.